The molecule has 46 heavy (non-hydrogen) atoms. The normalized spacial score (nSPS) is 27.3. The van der Waals surface area contributed by atoms with E-state index in [1.54, 1.807) is 38.2 Å². The predicted octanol–water partition coefficient (Wildman–Crippen LogP) is 3.77. The Bertz CT molecular complexity index is 1890. The number of anilines is 2. The SMILES string of the molecule is CNc1cc(Cn2cc(-c3cc(C)nc(S(=O)(=O)CCCC(=O)NC45CC6CC7CC(C4)C7(C6)C5)n3)cc(F)c2=O)ccc1NN. The molecule has 0 saturated heterocycles. The third-order valence-electron chi connectivity index (χ3n) is 11.0. The van der Waals surface area contributed by atoms with Crippen molar-refractivity contribution in [2.75, 3.05) is 23.5 Å². The average molecular weight is 650 g/mol. The Morgan fingerprint density at radius 1 is 1.11 bits per heavy atom. The first kappa shape index (κ1) is 30.8. The van der Waals surface area contributed by atoms with E-state index in [0.717, 1.165) is 37.2 Å². The van der Waals surface area contributed by atoms with Crippen molar-refractivity contribution in [1.29, 1.82) is 0 Å². The number of carbonyl (C=O) groups excluding carboxylic acids is 1. The smallest absolute Gasteiger partial charge is 0.286 e. The van der Waals surface area contributed by atoms with Gasteiger partial charge < -0.3 is 20.6 Å². The summed E-state index contributed by atoms with van der Waals surface area (Å²) in [7, 11) is -2.21. The van der Waals surface area contributed by atoms with Gasteiger partial charge in [-0.05, 0) is 105 Å². The second-order valence-electron chi connectivity index (χ2n) is 14.0. The van der Waals surface area contributed by atoms with E-state index in [4.69, 9.17) is 5.84 Å². The number of pyridine rings is 1. The van der Waals surface area contributed by atoms with Crippen LogP contribution in [0.1, 0.15) is 62.6 Å². The largest absolute Gasteiger partial charge is 0.386 e. The summed E-state index contributed by atoms with van der Waals surface area (Å²) in [4.78, 5) is 34.2. The molecule has 4 aliphatic rings. The van der Waals surface area contributed by atoms with Crippen molar-refractivity contribution >= 4 is 27.1 Å². The monoisotopic (exact) mass is 649 g/mol. The number of halogens is 1. The van der Waals surface area contributed by atoms with Gasteiger partial charge in [0.1, 0.15) is 0 Å². The highest BCUT2D eigenvalue weighted by molar-refractivity contribution is 7.91. The molecule has 11 nitrogen and oxygen atoms in total. The molecule has 2 aromatic heterocycles. The minimum atomic E-state index is -3.94. The summed E-state index contributed by atoms with van der Waals surface area (Å²) in [6, 6.07) is 7.89. The number of nitrogens with one attached hydrogen (secondary N) is 3. The molecule has 5 atom stereocenters. The van der Waals surface area contributed by atoms with Crippen LogP contribution >= 0.6 is 0 Å². The fourth-order valence-electron chi connectivity index (χ4n) is 9.28. The standard InChI is InChI=1S/C33H40FN7O4S/c1-19-8-27(22-11-25(34)30(43)41(17-22)16-20-5-6-26(40-35)28(10-20)36-2)38-31(37-19)46(44,45)7-3-4-29(42)39-32-13-21-9-23-12-24(15-32)33(23,14-21)18-32/h5-6,8,10-11,17,21,23-24,36,40H,3-4,7,9,12-16,18,35H2,1-2H3,(H,39,42). The van der Waals surface area contributed by atoms with Crippen molar-refractivity contribution in [2.24, 2.45) is 29.0 Å². The van der Waals surface area contributed by atoms with Gasteiger partial charge in [0.15, 0.2) is 5.82 Å². The number of aromatic nitrogens is 3. The lowest BCUT2D eigenvalue weighted by Crippen LogP contribution is -2.50. The van der Waals surface area contributed by atoms with Crippen molar-refractivity contribution in [3.05, 3.63) is 64.0 Å². The second kappa shape index (κ2) is 11.2. The van der Waals surface area contributed by atoms with Crippen molar-refractivity contribution < 1.29 is 17.6 Å². The Labute approximate surface area is 267 Å². The van der Waals surface area contributed by atoms with Crippen molar-refractivity contribution in [1.82, 2.24) is 19.9 Å². The number of hydrogen-bond acceptors (Lipinski definition) is 9. The van der Waals surface area contributed by atoms with E-state index < -0.39 is 21.2 Å². The average Bonchev–Trinajstić information content (AvgIpc) is 3.32. The molecule has 2 heterocycles. The zero-order valence-corrected chi connectivity index (χ0v) is 26.9. The molecule has 4 aliphatic carbocycles. The van der Waals surface area contributed by atoms with Gasteiger partial charge in [0, 0.05) is 36.5 Å². The number of rotatable bonds is 11. The fraction of sp³-hybridized carbons (Fsp3) is 0.515. The summed E-state index contributed by atoms with van der Waals surface area (Å²) in [5.41, 5.74) is 4.97. The highest BCUT2D eigenvalue weighted by Crippen LogP contribution is 2.76. The molecule has 244 valence electrons. The molecule has 4 fully saturated rings. The molecule has 5 N–H and O–H groups in total. The number of hydrazine groups is 1. The summed E-state index contributed by atoms with van der Waals surface area (Å²) < 4.78 is 42.8. The number of carbonyl (C=O) groups is 1. The van der Waals surface area contributed by atoms with E-state index in [1.165, 1.54) is 30.0 Å². The molecule has 1 aromatic carbocycles. The van der Waals surface area contributed by atoms with Gasteiger partial charge in [-0.3, -0.25) is 15.4 Å². The number of hydrogen-bond donors (Lipinski definition) is 4. The minimum Gasteiger partial charge on any atom is -0.386 e. The summed E-state index contributed by atoms with van der Waals surface area (Å²) >= 11 is 0. The quantitative estimate of drug-likeness (QED) is 0.138. The van der Waals surface area contributed by atoms with Crippen LogP contribution in [-0.2, 0) is 21.2 Å². The number of aryl methyl sites for hydroxylation is 1. The van der Waals surface area contributed by atoms with E-state index in [-0.39, 0.29) is 53.0 Å². The van der Waals surface area contributed by atoms with Crippen LogP contribution in [0.15, 0.2) is 46.5 Å². The van der Waals surface area contributed by atoms with E-state index in [9.17, 15) is 22.4 Å². The van der Waals surface area contributed by atoms with Crippen LogP contribution in [0.5, 0.6) is 0 Å². The molecule has 4 saturated carbocycles. The third kappa shape index (κ3) is 5.26. The molecule has 3 aromatic rings. The number of fused-ring (bicyclic) bond motifs is 2. The third-order valence-corrected chi connectivity index (χ3v) is 12.6. The highest BCUT2D eigenvalue weighted by Gasteiger charge is 2.71. The van der Waals surface area contributed by atoms with Crippen LogP contribution in [0.4, 0.5) is 15.8 Å². The Hall–Kier alpha value is -3.84. The van der Waals surface area contributed by atoms with Gasteiger partial charge in [-0.1, -0.05) is 6.07 Å². The molecule has 1 amide bonds. The molecule has 0 aliphatic heterocycles. The number of nitrogen functional groups attached to an aromatic ring is 1. The lowest BCUT2D eigenvalue weighted by Gasteiger charge is -2.49. The van der Waals surface area contributed by atoms with Crippen LogP contribution < -0.4 is 27.5 Å². The van der Waals surface area contributed by atoms with Crippen LogP contribution in [0.25, 0.3) is 11.3 Å². The maximum Gasteiger partial charge on any atom is 0.286 e. The number of sulfone groups is 1. The molecular formula is C33H40FN7O4S. The molecule has 1 spiro atoms. The van der Waals surface area contributed by atoms with Crippen LogP contribution in [0.2, 0.25) is 0 Å². The van der Waals surface area contributed by atoms with E-state index in [0.29, 0.717) is 34.0 Å². The molecular weight excluding hydrogens is 609 g/mol. The van der Waals surface area contributed by atoms with E-state index in [1.807, 2.05) is 0 Å². The van der Waals surface area contributed by atoms with Crippen LogP contribution in [0, 0.1) is 35.9 Å². The maximum absolute atomic E-state index is 14.9. The van der Waals surface area contributed by atoms with E-state index in [2.05, 4.69) is 26.0 Å². The fourth-order valence-corrected chi connectivity index (χ4v) is 10.5. The Morgan fingerprint density at radius 2 is 1.93 bits per heavy atom. The summed E-state index contributed by atoms with van der Waals surface area (Å²) in [6.45, 7) is 1.69. The number of benzene rings is 1. The van der Waals surface area contributed by atoms with Gasteiger partial charge in [0.2, 0.25) is 20.9 Å². The van der Waals surface area contributed by atoms with Gasteiger partial charge in [-0.2, -0.15) is 0 Å². The number of amides is 1. The maximum atomic E-state index is 14.9. The molecule has 0 radical (unpaired) electrons. The molecule has 5 unspecified atom stereocenters. The topological polar surface area (TPSA) is 161 Å². The zero-order valence-electron chi connectivity index (χ0n) is 26.1. The summed E-state index contributed by atoms with van der Waals surface area (Å²) in [5.74, 6) is 6.45. The second-order valence-corrected chi connectivity index (χ2v) is 16.0. The Balaban J connectivity index is 1.04. The Kier molecular flexibility index (Phi) is 7.46. The molecule has 7 rings (SSSR count). The lowest BCUT2D eigenvalue weighted by molar-refractivity contribution is -0.123. The van der Waals surface area contributed by atoms with Crippen LogP contribution in [0.3, 0.4) is 0 Å². The number of nitrogens with zero attached hydrogens (tertiary/aromatic N) is 3. The van der Waals surface area contributed by atoms with Gasteiger partial charge in [-0.15, -0.1) is 0 Å². The number of nitrogens with two attached hydrogens (primary N) is 1. The first-order valence-electron chi connectivity index (χ1n) is 16.0. The van der Waals surface area contributed by atoms with Crippen molar-refractivity contribution in [2.45, 2.75) is 75.5 Å². The van der Waals surface area contributed by atoms with Crippen LogP contribution in [-0.4, -0.2) is 47.2 Å². The molecule has 13 heteroatoms. The first-order chi connectivity index (χ1) is 21.9. The van der Waals surface area contributed by atoms with E-state index >= 15 is 0 Å². The lowest BCUT2D eigenvalue weighted by atomic mass is 9.56. The van der Waals surface area contributed by atoms with Crippen molar-refractivity contribution in [3.8, 4) is 11.3 Å². The van der Waals surface area contributed by atoms with Gasteiger partial charge in [0.05, 0.1) is 29.4 Å². The van der Waals surface area contributed by atoms with Gasteiger partial charge in [0.25, 0.3) is 5.56 Å². The minimum absolute atomic E-state index is 0.0601. The predicted molar refractivity (Wildman–Crippen MR) is 172 cm³/mol. The Morgan fingerprint density at radius 3 is 2.72 bits per heavy atom. The molecule has 3 bridgehead atoms. The summed E-state index contributed by atoms with van der Waals surface area (Å²) in [6.07, 6.45) is 8.83. The zero-order chi connectivity index (χ0) is 32.4. The first-order valence-corrected chi connectivity index (χ1v) is 17.6. The summed E-state index contributed by atoms with van der Waals surface area (Å²) in [5, 5.41) is 5.98. The van der Waals surface area contributed by atoms with Crippen molar-refractivity contribution in [3.63, 3.8) is 0 Å². The highest BCUT2D eigenvalue weighted by atomic mass is 32.2. The van der Waals surface area contributed by atoms with Gasteiger partial charge in [-0.25, -0.2) is 22.8 Å². The van der Waals surface area contributed by atoms with Gasteiger partial charge >= 0.3 is 0 Å².